The summed E-state index contributed by atoms with van der Waals surface area (Å²) < 4.78 is 29.0. The Hall–Kier alpha value is -1.31. The summed E-state index contributed by atoms with van der Waals surface area (Å²) in [5.41, 5.74) is 5.85. The van der Waals surface area contributed by atoms with Gasteiger partial charge in [0.05, 0.1) is 16.5 Å². The molecule has 0 spiro atoms. The predicted molar refractivity (Wildman–Crippen MR) is 77.4 cm³/mol. The molecule has 3 N–H and O–H groups in total. The zero-order valence-electron chi connectivity index (χ0n) is 11.2. The monoisotopic (exact) mass is 320 g/mol. The summed E-state index contributed by atoms with van der Waals surface area (Å²) in [5.74, 6) is -1.28. The molecule has 20 heavy (non-hydrogen) atoms. The minimum absolute atomic E-state index is 0.00254. The van der Waals surface area contributed by atoms with Gasteiger partial charge in [0, 0.05) is 18.8 Å². The van der Waals surface area contributed by atoms with Crippen LogP contribution in [0, 0.1) is 0 Å². The molecule has 0 saturated heterocycles. The number of sulfone groups is 1. The van der Waals surface area contributed by atoms with E-state index in [1.54, 1.807) is 6.92 Å². The number of benzene rings is 1. The van der Waals surface area contributed by atoms with Crippen molar-refractivity contribution in [2.75, 3.05) is 25.2 Å². The average Bonchev–Trinajstić information content (AvgIpc) is 2.26. The Labute approximate surface area is 123 Å². The minimum Gasteiger partial charge on any atom is -0.399 e. The molecule has 0 saturated carbocycles. The summed E-state index contributed by atoms with van der Waals surface area (Å²) in [4.78, 5) is 11.6. The van der Waals surface area contributed by atoms with E-state index in [9.17, 15) is 13.2 Å². The zero-order valence-corrected chi connectivity index (χ0v) is 12.8. The van der Waals surface area contributed by atoms with E-state index in [1.165, 1.54) is 25.3 Å². The molecule has 0 aliphatic heterocycles. The van der Waals surface area contributed by atoms with Gasteiger partial charge in [-0.25, -0.2) is 8.42 Å². The Morgan fingerprint density at radius 1 is 1.50 bits per heavy atom. The molecular formula is C12H17ClN2O4S. The summed E-state index contributed by atoms with van der Waals surface area (Å²) in [6, 6.07) is 3.77. The van der Waals surface area contributed by atoms with E-state index in [4.69, 9.17) is 22.1 Å². The van der Waals surface area contributed by atoms with Gasteiger partial charge in [-0.15, -0.1) is 0 Å². The summed E-state index contributed by atoms with van der Waals surface area (Å²) in [6.45, 7) is 2.01. The van der Waals surface area contributed by atoms with Gasteiger partial charge in [-0.05, 0) is 25.1 Å². The number of halogens is 1. The third kappa shape index (κ3) is 4.66. The van der Waals surface area contributed by atoms with Crippen molar-refractivity contribution in [3.63, 3.8) is 0 Å². The number of carbonyl (C=O) groups is 1. The lowest BCUT2D eigenvalue weighted by molar-refractivity contribution is -0.119. The number of nitrogen functional groups attached to an aromatic ring is 1. The summed E-state index contributed by atoms with van der Waals surface area (Å²) >= 11 is 5.84. The molecule has 0 aliphatic carbocycles. The maximum absolute atomic E-state index is 12.1. The quantitative estimate of drug-likeness (QED) is 0.757. The SMILES string of the molecule is COCC(C)NC(=O)CS(=O)(=O)c1ccc(N)cc1Cl. The molecule has 1 aromatic carbocycles. The maximum Gasteiger partial charge on any atom is 0.235 e. The van der Waals surface area contributed by atoms with Crippen LogP contribution in [0.5, 0.6) is 0 Å². The Bertz CT molecular complexity index is 589. The Morgan fingerprint density at radius 2 is 2.15 bits per heavy atom. The highest BCUT2D eigenvalue weighted by atomic mass is 35.5. The van der Waals surface area contributed by atoms with Gasteiger partial charge in [0.15, 0.2) is 9.84 Å². The van der Waals surface area contributed by atoms with Crippen LogP contribution in [0.15, 0.2) is 23.1 Å². The van der Waals surface area contributed by atoms with Crippen molar-refractivity contribution < 1.29 is 17.9 Å². The van der Waals surface area contributed by atoms with Gasteiger partial charge in [-0.3, -0.25) is 4.79 Å². The number of hydrogen-bond acceptors (Lipinski definition) is 5. The van der Waals surface area contributed by atoms with E-state index in [1.807, 2.05) is 0 Å². The van der Waals surface area contributed by atoms with Crippen molar-refractivity contribution in [3.8, 4) is 0 Å². The van der Waals surface area contributed by atoms with E-state index in [-0.39, 0.29) is 16.0 Å². The first-order valence-corrected chi connectivity index (χ1v) is 7.85. The third-order valence-electron chi connectivity index (χ3n) is 2.44. The summed E-state index contributed by atoms with van der Waals surface area (Å²) in [5, 5.41) is 2.53. The number of nitrogens with two attached hydrogens (primary N) is 1. The van der Waals surface area contributed by atoms with Crippen molar-refractivity contribution in [1.82, 2.24) is 5.32 Å². The normalized spacial score (nSPS) is 12.9. The molecule has 6 nitrogen and oxygen atoms in total. The van der Waals surface area contributed by atoms with Crippen LogP contribution in [0.3, 0.4) is 0 Å². The van der Waals surface area contributed by atoms with E-state index in [0.29, 0.717) is 12.3 Å². The van der Waals surface area contributed by atoms with Crippen LogP contribution in [0.1, 0.15) is 6.92 Å². The molecule has 1 amide bonds. The molecule has 8 heteroatoms. The van der Waals surface area contributed by atoms with Crippen LogP contribution in [0.2, 0.25) is 5.02 Å². The molecule has 112 valence electrons. The van der Waals surface area contributed by atoms with Gasteiger partial charge in [0.2, 0.25) is 5.91 Å². The van der Waals surface area contributed by atoms with Gasteiger partial charge in [-0.2, -0.15) is 0 Å². The first kappa shape index (κ1) is 16.7. The molecule has 0 aliphatic rings. The highest BCUT2D eigenvalue weighted by Gasteiger charge is 2.22. The predicted octanol–water partition coefficient (Wildman–Crippen LogP) is 0.847. The average molecular weight is 321 g/mol. The standard InChI is InChI=1S/C12H17ClN2O4S/c1-8(6-19-2)15-12(16)7-20(17,18)11-4-3-9(14)5-10(11)13/h3-5,8H,6-7,14H2,1-2H3,(H,15,16). The molecule has 0 bridgehead atoms. The highest BCUT2D eigenvalue weighted by Crippen LogP contribution is 2.24. The molecule has 0 radical (unpaired) electrons. The third-order valence-corrected chi connectivity index (χ3v) is 4.53. The zero-order chi connectivity index (χ0) is 15.3. The number of hydrogen-bond donors (Lipinski definition) is 2. The van der Waals surface area contributed by atoms with Crippen LogP contribution >= 0.6 is 11.6 Å². The van der Waals surface area contributed by atoms with Gasteiger partial charge in [-0.1, -0.05) is 11.6 Å². The van der Waals surface area contributed by atoms with Crippen LogP contribution in [0.4, 0.5) is 5.69 Å². The second-order valence-corrected chi connectivity index (χ2v) is 6.74. The van der Waals surface area contributed by atoms with E-state index in [0.717, 1.165) is 0 Å². The summed E-state index contributed by atoms with van der Waals surface area (Å²) in [7, 11) is -2.31. The Morgan fingerprint density at radius 3 is 2.70 bits per heavy atom. The lowest BCUT2D eigenvalue weighted by atomic mass is 10.3. The lowest BCUT2D eigenvalue weighted by Crippen LogP contribution is -2.39. The van der Waals surface area contributed by atoms with Gasteiger partial charge >= 0.3 is 0 Å². The second kappa shape index (κ2) is 6.92. The molecule has 1 aromatic rings. The fourth-order valence-corrected chi connectivity index (χ4v) is 3.38. The number of amides is 1. The van der Waals surface area contributed by atoms with Gasteiger partial charge < -0.3 is 15.8 Å². The van der Waals surface area contributed by atoms with Crippen molar-refractivity contribution in [2.45, 2.75) is 17.9 Å². The number of rotatable bonds is 6. The Kier molecular flexibility index (Phi) is 5.79. The fraction of sp³-hybridized carbons (Fsp3) is 0.417. The Balaban J connectivity index is 2.82. The van der Waals surface area contributed by atoms with E-state index >= 15 is 0 Å². The number of nitrogens with one attached hydrogen (secondary N) is 1. The molecule has 0 aromatic heterocycles. The molecular weight excluding hydrogens is 304 g/mol. The second-order valence-electron chi connectivity index (χ2n) is 4.37. The van der Waals surface area contributed by atoms with E-state index < -0.39 is 21.5 Å². The number of anilines is 1. The number of ether oxygens (including phenoxy) is 1. The lowest BCUT2D eigenvalue weighted by Gasteiger charge is -2.13. The molecule has 0 heterocycles. The molecule has 0 fully saturated rings. The smallest absolute Gasteiger partial charge is 0.235 e. The fourth-order valence-electron chi connectivity index (χ4n) is 1.63. The number of methoxy groups -OCH3 is 1. The van der Waals surface area contributed by atoms with Crippen LogP contribution in [-0.4, -0.2) is 39.8 Å². The molecule has 1 unspecified atom stereocenters. The maximum atomic E-state index is 12.1. The van der Waals surface area contributed by atoms with Crippen LogP contribution < -0.4 is 11.1 Å². The summed E-state index contributed by atoms with van der Waals surface area (Å²) in [6.07, 6.45) is 0. The van der Waals surface area contributed by atoms with E-state index in [2.05, 4.69) is 5.32 Å². The number of carbonyl (C=O) groups excluding carboxylic acids is 1. The highest BCUT2D eigenvalue weighted by molar-refractivity contribution is 7.92. The van der Waals surface area contributed by atoms with Crippen LogP contribution in [-0.2, 0) is 19.4 Å². The molecule has 1 rings (SSSR count). The first-order chi connectivity index (χ1) is 9.26. The van der Waals surface area contributed by atoms with Crippen molar-refractivity contribution >= 4 is 33.0 Å². The van der Waals surface area contributed by atoms with Crippen molar-refractivity contribution in [1.29, 1.82) is 0 Å². The largest absolute Gasteiger partial charge is 0.399 e. The van der Waals surface area contributed by atoms with Crippen LogP contribution in [0.25, 0.3) is 0 Å². The van der Waals surface area contributed by atoms with Crippen molar-refractivity contribution in [3.05, 3.63) is 23.2 Å². The van der Waals surface area contributed by atoms with Gasteiger partial charge in [0.1, 0.15) is 5.75 Å². The topological polar surface area (TPSA) is 98.5 Å². The first-order valence-electron chi connectivity index (χ1n) is 5.82. The van der Waals surface area contributed by atoms with Gasteiger partial charge in [0.25, 0.3) is 0 Å². The molecule has 1 atom stereocenters. The van der Waals surface area contributed by atoms with Crippen molar-refractivity contribution in [2.24, 2.45) is 0 Å². The minimum atomic E-state index is -3.81.